The highest BCUT2D eigenvalue weighted by atomic mass is 19.4. The van der Waals surface area contributed by atoms with Gasteiger partial charge in [0.25, 0.3) is 0 Å². The van der Waals surface area contributed by atoms with E-state index in [0.717, 1.165) is 0 Å². The number of rotatable bonds is 8. The van der Waals surface area contributed by atoms with E-state index in [2.05, 4.69) is 20.0 Å². The summed E-state index contributed by atoms with van der Waals surface area (Å²) in [5.74, 6) is -0.533. The van der Waals surface area contributed by atoms with Gasteiger partial charge in [-0.1, -0.05) is 18.2 Å². The minimum Gasteiger partial charge on any atom is -0.403 e. The Hall–Kier alpha value is -3.99. The third-order valence-corrected chi connectivity index (χ3v) is 5.54. The molecule has 11 heteroatoms. The molecular formula is C25H28F3N7O. The van der Waals surface area contributed by atoms with E-state index in [9.17, 15) is 13.2 Å². The van der Waals surface area contributed by atoms with Crippen LogP contribution in [0.2, 0.25) is 0 Å². The summed E-state index contributed by atoms with van der Waals surface area (Å²) in [4.78, 5) is 12.3. The second-order valence-electron chi connectivity index (χ2n) is 8.50. The number of nitrogens with one attached hydrogen (secondary N) is 1. The lowest BCUT2D eigenvalue weighted by atomic mass is 10.1. The van der Waals surface area contributed by atoms with E-state index in [1.54, 1.807) is 42.3 Å². The molecule has 0 aliphatic heterocycles. The van der Waals surface area contributed by atoms with Crippen LogP contribution in [-0.2, 0) is 6.98 Å². The number of likely N-dealkylation sites (N-methyl/N-ethyl adjacent to an activating group) is 2. The number of halogens is 3. The van der Waals surface area contributed by atoms with E-state index in [0.29, 0.717) is 40.9 Å². The fourth-order valence-corrected chi connectivity index (χ4v) is 3.77. The van der Waals surface area contributed by atoms with Crippen LogP contribution in [0, 0.1) is 0 Å². The number of benzene rings is 2. The lowest BCUT2D eigenvalue weighted by Crippen LogP contribution is -2.29. The SMILES string of the molecule is [2H]C([2H])([2H])n1cc(-c2ccnc(Nc3cc(N)c(N(C)CCN(C)C)cc3OC(F)(F)F)n2)c2ccccc21. The summed E-state index contributed by atoms with van der Waals surface area (Å²) in [5.41, 5.74) is 8.11. The predicted molar refractivity (Wildman–Crippen MR) is 137 cm³/mol. The first-order valence-electron chi connectivity index (χ1n) is 12.5. The van der Waals surface area contributed by atoms with Crippen molar-refractivity contribution < 1.29 is 22.0 Å². The number of hydrogen-bond donors (Lipinski definition) is 2. The Balaban J connectivity index is 1.72. The van der Waals surface area contributed by atoms with Crippen molar-refractivity contribution in [2.24, 2.45) is 6.98 Å². The highest BCUT2D eigenvalue weighted by Crippen LogP contribution is 2.39. The zero-order valence-corrected chi connectivity index (χ0v) is 20.0. The maximum absolute atomic E-state index is 13.3. The van der Waals surface area contributed by atoms with Gasteiger partial charge in [-0.25, -0.2) is 9.97 Å². The molecule has 0 amide bonds. The number of fused-ring (bicyclic) bond motifs is 1. The van der Waals surface area contributed by atoms with Gasteiger partial charge >= 0.3 is 6.36 Å². The zero-order chi connectivity index (χ0) is 28.5. The molecule has 0 saturated heterocycles. The molecule has 0 bridgehead atoms. The third kappa shape index (κ3) is 5.62. The number of ether oxygens (including phenoxy) is 1. The molecule has 0 atom stereocenters. The molecule has 0 saturated carbocycles. The maximum atomic E-state index is 13.3. The van der Waals surface area contributed by atoms with Crippen molar-refractivity contribution in [1.82, 2.24) is 19.4 Å². The van der Waals surface area contributed by atoms with Crippen molar-refractivity contribution in [3.8, 4) is 17.0 Å². The number of aryl methyl sites for hydroxylation is 1. The van der Waals surface area contributed by atoms with Crippen molar-refractivity contribution in [2.45, 2.75) is 6.36 Å². The number of aromatic nitrogens is 3. The number of nitrogens with zero attached hydrogens (tertiary/aromatic N) is 5. The summed E-state index contributed by atoms with van der Waals surface area (Å²) in [6.07, 6.45) is -2.06. The van der Waals surface area contributed by atoms with Gasteiger partial charge in [-0.2, -0.15) is 0 Å². The molecule has 0 aliphatic rings. The lowest BCUT2D eigenvalue weighted by molar-refractivity contribution is -0.274. The standard InChI is InChI=1S/C25H28F3N7O/c1-33(2)11-12-34(3)22-14-23(36-25(26,27)28)20(13-18(22)29)32-24-30-10-9-19(31-24)17-15-35(4)21-8-6-5-7-16(17)21/h5-10,13-15H,11-12,29H2,1-4H3,(H,30,31,32)/i4D3. The monoisotopic (exact) mass is 502 g/mol. The summed E-state index contributed by atoms with van der Waals surface area (Å²) in [5, 5.41) is 3.42. The molecule has 0 spiro atoms. The molecule has 4 rings (SSSR count). The first kappa shape index (κ1) is 21.3. The average Bonchev–Trinajstić information content (AvgIpc) is 3.24. The van der Waals surface area contributed by atoms with Crippen LogP contribution in [0.4, 0.5) is 36.2 Å². The van der Waals surface area contributed by atoms with Crippen molar-refractivity contribution >= 4 is 33.9 Å². The van der Waals surface area contributed by atoms with Crippen LogP contribution in [-0.4, -0.2) is 60.0 Å². The Bertz CT molecular complexity index is 1470. The summed E-state index contributed by atoms with van der Waals surface area (Å²) < 4.78 is 69.0. The summed E-state index contributed by atoms with van der Waals surface area (Å²) in [6.45, 7) is -1.25. The van der Waals surface area contributed by atoms with Crippen LogP contribution in [0.1, 0.15) is 4.11 Å². The number of hydrogen-bond acceptors (Lipinski definition) is 7. The molecule has 36 heavy (non-hydrogen) atoms. The number of anilines is 4. The Morgan fingerprint density at radius 1 is 1.14 bits per heavy atom. The molecule has 2 heterocycles. The lowest BCUT2D eigenvalue weighted by Gasteiger charge is -2.25. The second kappa shape index (κ2) is 9.94. The second-order valence-corrected chi connectivity index (χ2v) is 8.50. The Labute approximate surface area is 211 Å². The predicted octanol–water partition coefficient (Wildman–Crippen LogP) is 4.86. The van der Waals surface area contributed by atoms with Gasteiger partial charge in [0.15, 0.2) is 5.75 Å². The van der Waals surface area contributed by atoms with Crippen LogP contribution in [0.3, 0.4) is 0 Å². The zero-order valence-electron chi connectivity index (χ0n) is 23.0. The van der Waals surface area contributed by atoms with E-state index < -0.39 is 19.1 Å². The smallest absolute Gasteiger partial charge is 0.403 e. The summed E-state index contributed by atoms with van der Waals surface area (Å²) >= 11 is 0. The molecule has 8 nitrogen and oxygen atoms in total. The van der Waals surface area contributed by atoms with E-state index in [1.807, 2.05) is 19.0 Å². The van der Waals surface area contributed by atoms with Crippen LogP contribution in [0.15, 0.2) is 54.9 Å². The largest absolute Gasteiger partial charge is 0.573 e. The highest BCUT2D eigenvalue weighted by molar-refractivity contribution is 5.95. The number of alkyl halides is 3. The van der Waals surface area contributed by atoms with Crippen LogP contribution in [0.5, 0.6) is 5.75 Å². The molecule has 4 aromatic rings. The van der Waals surface area contributed by atoms with Gasteiger partial charge in [0.1, 0.15) is 0 Å². The molecule has 190 valence electrons. The minimum atomic E-state index is -4.95. The van der Waals surface area contributed by atoms with Crippen molar-refractivity contribution in [3.63, 3.8) is 0 Å². The van der Waals surface area contributed by atoms with Crippen molar-refractivity contribution in [2.75, 3.05) is 50.2 Å². The maximum Gasteiger partial charge on any atom is 0.573 e. The fraction of sp³-hybridized carbons (Fsp3) is 0.280. The highest BCUT2D eigenvalue weighted by Gasteiger charge is 2.33. The van der Waals surface area contributed by atoms with Gasteiger partial charge in [0.2, 0.25) is 5.95 Å². The normalized spacial score (nSPS) is 13.4. The Morgan fingerprint density at radius 2 is 1.92 bits per heavy atom. The molecular weight excluding hydrogens is 471 g/mol. The summed E-state index contributed by atoms with van der Waals surface area (Å²) in [6, 6.07) is 11.1. The molecule has 2 aromatic carbocycles. The first-order valence-corrected chi connectivity index (χ1v) is 11.0. The van der Waals surface area contributed by atoms with Crippen LogP contribution < -0.4 is 20.7 Å². The third-order valence-electron chi connectivity index (χ3n) is 5.54. The van der Waals surface area contributed by atoms with Gasteiger partial charge in [-0.05, 0) is 32.3 Å². The average molecular weight is 503 g/mol. The topological polar surface area (TPSA) is 84.5 Å². The van der Waals surface area contributed by atoms with Crippen LogP contribution >= 0.6 is 0 Å². The van der Waals surface area contributed by atoms with Gasteiger partial charge in [0.05, 0.1) is 22.8 Å². The van der Waals surface area contributed by atoms with Crippen molar-refractivity contribution in [3.05, 3.63) is 54.9 Å². The number of para-hydroxylation sites is 1. The van der Waals surface area contributed by atoms with Crippen molar-refractivity contribution in [1.29, 1.82) is 0 Å². The fourth-order valence-electron chi connectivity index (χ4n) is 3.77. The minimum absolute atomic E-state index is 0.0293. The van der Waals surface area contributed by atoms with Crippen LogP contribution in [0.25, 0.3) is 22.2 Å². The van der Waals surface area contributed by atoms with E-state index in [4.69, 9.17) is 9.85 Å². The van der Waals surface area contributed by atoms with E-state index in [-0.39, 0.29) is 17.3 Å². The van der Waals surface area contributed by atoms with Gasteiger partial charge < -0.3 is 30.2 Å². The Kier molecular flexibility index (Phi) is 5.88. The molecule has 2 aromatic heterocycles. The molecule has 0 radical (unpaired) electrons. The van der Waals surface area contributed by atoms with Gasteiger partial charge in [-0.15, -0.1) is 13.2 Å². The molecule has 0 fully saturated rings. The number of nitrogens with two attached hydrogens (primary N) is 1. The Morgan fingerprint density at radius 3 is 2.64 bits per heavy atom. The van der Waals surface area contributed by atoms with Gasteiger partial charge in [0, 0.05) is 66.2 Å². The summed E-state index contributed by atoms with van der Waals surface area (Å²) in [7, 11) is 5.50. The number of nitrogen functional groups attached to an aromatic ring is 1. The van der Waals surface area contributed by atoms with Gasteiger partial charge in [-0.3, -0.25) is 0 Å². The first-order chi connectivity index (χ1) is 18.2. The quantitative estimate of drug-likeness (QED) is 0.333. The van der Waals surface area contributed by atoms with E-state index in [1.165, 1.54) is 29.1 Å². The molecule has 3 N–H and O–H groups in total. The van der Waals surface area contributed by atoms with E-state index >= 15 is 0 Å². The molecule has 0 aliphatic carbocycles. The molecule has 0 unspecified atom stereocenters.